The molecule has 0 aromatic heterocycles. The molecule has 0 saturated carbocycles. The fourth-order valence-electron chi connectivity index (χ4n) is 3.28. The minimum absolute atomic E-state index is 0.0730. The molecule has 8 nitrogen and oxygen atoms in total. The van der Waals surface area contributed by atoms with Crippen LogP contribution in [0.25, 0.3) is 0 Å². The second-order valence-corrected chi connectivity index (χ2v) is 8.15. The molecule has 2 aromatic carbocycles. The number of ether oxygens (including phenoxy) is 2. The van der Waals surface area contributed by atoms with Gasteiger partial charge in [0.05, 0.1) is 12.6 Å². The molecular formula is C27H31N3O5. The Morgan fingerprint density at radius 1 is 0.943 bits per heavy atom. The lowest BCUT2D eigenvalue weighted by atomic mass is 10.0. The van der Waals surface area contributed by atoms with E-state index in [2.05, 4.69) is 10.6 Å². The van der Waals surface area contributed by atoms with E-state index in [1.54, 1.807) is 20.8 Å². The zero-order valence-corrected chi connectivity index (χ0v) is 20.2. The summed E-state index contributed by atoms with van der Waals surface area (Å²) >= 11 is 0. The third-order valence-electron chi connectivity index (χ3n) is 5.04. The summed E-state index contributed by atoms with van der Waals surface area (Å²) in [4.78, 5) is 37.6. The monoisotopic (exact) mass is 477 g/mol. The van der Waals surface area contributed by atoms with E-state index in [4.69, 9.17) is 9.47 Å². The zero-order chi connectivity index (χ0) is 25.6. The summed E-state index contributed by atoms with van der Waals surface area (Å²) in [6, 6.07) is 18.8. The fraction of sp³-hybridized carbons (Fsp3) is 0.333. The van der Waals surface area contributed by atoms with Gasteiger partial charge >= 0.3 is 12.1 Å². The van der Waals surface area contributed by atoms with Gasteiger partial charge in [0.2, 0.25) is 5.91 Å². The Kier molecular flexibility index (Phi) is 11.0. The largest absolute Gasteiger partial charge is 0.462 e. The minimum atomic E-state index is -0.891. The first-order valence-corrected chi connectivity index (χ1v) is 11.4. The molecule has 2 atom stereocenters. The van der Waals surface area contributed by atoms with Crippen molar-refractivity contribution in [3.63, 3.8) is 0 Å². The van der Waals surface area contributed by atoms with Crippen LogP contribution in [0, 0.1) is 17.2 Å². The van der Waals surface area contributed by atoms with Crippen LogP contribution < -0.4 is 10.6 Å². The average Bonchev–Trinajstić information content (AvgIpc) is 2.85. The smallest absolute Gasteiger partial charge is 0.408 e. The van der Waals surface area contributed by atoms with Crippen LogP contribution in [0.15, 0.2) is 72.3 Å². The number of amides is 2. The van der Waals surface area contributed by atoms with Crippen LogP contribution in [-0.2, 0) is 32.1 Å². The van der Waals surface area contributed by atoms with Crippen molar-refractivity contribution in [3.8, 4) is 6.07 Å². The summed E-state index contributed by atoms with van der Waals surface area (Å²) in [5.74, 6) is -1.47. The van der Waals surface area contributed by atoms with Gasteiger partial charge in [-0.1, -0.05) is 74.5 Å². The first-order chi connectivity index (χ1) is 16.8. The Morgan fingerprint density at radius 2 is 1.54 bits per heavy atom. The molecule has 1 unspecified atom stereocenters. The molecule has 0 fully saturated rings. The molecule has 0 saturated heterocycles. The van der Waals surface area contributed by atoms with Crippen LogP contribution in [0.5, 0.6) is 0 Å². The first-order valence-electron chi connectivity index (χ1n) is 11.4. The van der Waals surface area contributed by atoms with Crippen molar-refractivity contribution in [1.29, 1.82) is 5.26 Å². The molecule has 0 aliphatic rings. The number of benzene rings is 2. The maximum Gasteiger partial charge on any atom is 0.408 e. The maximum absolute atomic E-state index is 13.2. The van der Waals surface area contributed by atoms with Gasteiger partial charge in [0.25, 0.3) is 0 Å². The summed E-state index contributed by atoms with van der Waals surface area (Å²) in [5.41, 5.74) is 1.51. The molecule has 0 aliphatic heterocycles. The number of alkyl carbamates (subject to hydrolysis) is 1. The van der Waals surface area contributed by atoms with Gasteiger partial charge in [0.1, 0.15) is 24.3 Å². The van der Waals surface area contributed by atoms with Crippen LogP contribution in [-0.4, -0.2) is 36.7 Å². The van der Waals surface area contributed by atoms with E-state index in [1.807, 2.05) is 66.7 Å². The molecule has 35 heavy (non-hydrogen) atoms. The third kappa shape index (κ3) is 9.33. The molecule has 0 aliphatic carbocycles. The molecule has 2 N–H and O–H groups in total. The minimum Gasteiger partial charge on any atom is -0.462 e. The number of rotatable bonds is 11. The molecule has 0 radical (unpaired) electrons. The summed E-state index contributed by atoms with van der Waals surface area (Å²) in [7, 11) is 0. The fourth-order valence-corrected chi connectivity index (χ4v) is 3.28. The molecule has 2 aromatic rings. The Bertz CT molecular complexity index is 1050. The number of hydrogen-bond donors (Lipinski definition) is 2. The molecular weight excluding hydrogens is 446 g/mol. The lowest BCUT2D eigenvalue weighted by Crippen LogP contribution is -2.52. The van der Waals surface area contributed by atoms with Gasteiger partial charge < -0.3 is 20.1 Å². The van der Waals surface area contributed by atoms with Crippen molar-refractivity contribution in [3.05, 3.63) is 83.4 Å². The van der Waals surface area contributed by atoms with E-state index < -0.39 is 30.1 Å². The summed E-state index contributed by atoms with van der Waals surface area (Å²) < 4.78 is 10.2. The van der Waals surface area contributed by atoms with E-state index >= 15 is 0 Å². The van der Waals surface area contributed by atoms with Gasteiger partial charge in [0, 0.05) is 0 Å². The van der Waals surface area contributed by atoms with Crippen LogP contribution in [0.4, 0.5) is 4.79 Å². The molecule has 8 heteroatoms. The number of esters is 1. The van der Waals surface area contributed by atoms with Crippen molar-refractivity contribution in [1.82, 2.24) is 10.6 Å². The Labute approximate surface area is 205 Å². The van der Waals surface area contributed by atoms with Gasteiger partial charge in [-0.05, 0) is 36.5 Å². The number of nitriles is 1. The highest BCUT2D eigenvalue weighted by Crippen LogP contribution is 2.10. The average molecular weight is 478 g/mol. The van der Waals surface area contributed by atoms with Crippen molar-refractivity contribution in [2.75, 3.05) is 6.61 Å². The molecule has 184 valence electrons. The van der Waals surface area contributed by atoms with E-state index in [-0.39, 0.29) is 24.7 Å². The second kappa shape index (κ2) is 14.2. The van der Waals surface area contributed by atoms with Crippen LogP contribution in [0.2, 0.25) is 0 Å². The summed E-state index contributed by atoms with van der Waals surface area (Å²) in [6.07, 6.45) is 0.996. The molecule has 0 bridgehead atoms. The number of nitrogens with zero attached hydrogens (tertiary/aromatic N) is 1. The predicted octanol–water partition coefficient (Wildman–Crippen LogP) is 3.68. The van der Waals surface area contributed by atoms with E-state index in [0.717, 1.165) is 11.1 Å². The van der Waals surface area contributed by atoms with Crippen LogP contribution in [0.1, 0.15) is 31.9 Å². The van der Waals surface area contributed by atoms with Gasteiger partial charge in [-0.25, -0.2) is 9.59 Å². The SMILES string of the molecule is CCOC(=O)/C(C#N)=C/C(Cc1ccccc1)NC(=O)[C@@H](NC(=O)OCc1ccccc1)C(C)C. The molecule has 0 spiro atoms. The Hall–Kier alpha value is -4.12. The van der Waals surface area contributed by atoms with Gasteiger partial charge in [0.15, 0.2) is 0 Å². The lowest BCUT2D eigenvalue weighted by molar-refractivity contribution is -0.138. The topological polar surface area (TPSA) is 118 Å². The normalized spacial score (nSPS) is 12.7. The quantitative estimate of drug-likeness (QED) is 0.290. The first kappa shape index (κ1) is 27.1. The van der Waals surface area contributed by atoms with E-state index in [9.17, 15) is 19.6 Å². The highest BCUT2D eigenvalue weighted by molar-refractivity contribution is 5.93. The lowest BCUT2D eigenvalue weighted by Gasteiger charge is -2.24. The number of hydrogen-bond acceptors (Lipinski definition) is 6. The van der Waals surface area contributed by atoms with Crippen LogP contribution >= 0.6 is 0 Å². The number of carbonyl (C=O) groups is 3. The van der Waals surface area contributed by atoms with E-state index in [1.165, 1.54) is 6.08 Å². The van der Waals surface area contributed by atoms with Crippen LogP contribution in [0.3, 0.4) is 0 Å². The van der Waals surface area contributed by atoms with Gasteiger partial charge in [-0.2, -0.15) is 5.26 Å². The predicted molar refractivity (Wildman–Crippen MR) is 131 cm³/mol. The molecule has 2 rings (SSSR count). The highest BCUT2D eigenvalue weighted by Gasteiger charge is 2.27. The number of nitrogens with one attached hydrogen (secondary N) is 2. The molecule has 0 heterocycles. The van der Waals surface area contributed by atoms with Crippen molar-refractivity contribution < 1.29 is 23.9 Å². The Morgan fingerprint density at radius 3 is 2.09 bits per heavy atom. The van der Waals surface area contributed by atoms with Gasteiger partial charge in [-0.3, -0.25) is 4.79 Å². The van der Waals surface area contributed by atoms with Crippen molar-refractivity contribution in [2.45, 2.75) is 45.9 Å². The number of carbonyl (C=O) groups excluding carboxylic acids is 3. The second-order valence-electron chi connectivity index (χ2n) is 8.15. The summed E-state index contributed by atoms with van der Waals surface area (Å²) in [5, 5.41) is 14.9. The standard InChI is InChI=1S/C27H31N3O5/c1-4-34-26(32)22(17-28)16-23(15-20-11-7-5-8-12-20)29-25(31)24(19(2)3)30-27(33)35-18-21-13-9-6-10-14-21/h5-14,16,19,23-24H,4,15,18H2,1-3H3,(H,29,31)(H,30,33)/b22-16+/t23?,24-/m0/s1. The van der Waals surface area contributed by atoms with Crippen molar-refractivity contribution in [2.24, 2.45) is 5.92 Å². The summed E-state index contributed by atoms with van der Waals surface area (Å²) in [6.45, 7) is 5.43. The van der Waals surface area contributed by atoms with Gasteiger partial charge in [-0.15, -0.1) is 0 Å². The van der Waals surface area contributed by atoms with Crippen molar-refractivity contribution >= 4 is 18.0 Å². The molecule has 2 amide bonds. The zero-order valence-electron chi connectivity index (χ0n) is 20.2. The maximum atomic E-state index is 13.2. The highest BCUT2D eigenvalue weighted by atomic mass is 16.5. The van der Waals surface area contributed by atoms with E-state index in [0.29, 0.717) is 6.42 Å². The third-order valence-corrected chi connectivity index (χ3v) is 5.04. The Balaban J connectivity index is 2.15.